The lowest BCUT2D eigenvalue weighted by atomic mass is 10.3. The van der Waals surface area contributed by atoms with Crippen molar-refractivity contribution < 1.29 is 14.6 Å². The van der Waals surface area contributed by atoms with E-state index in [4.69, 9.17) is 9.84 Å². The first-order valence-corrected chi connectivity index (χ1v) is 6.00. The number of rotatable bonds is 7. The summed E-state index contributed by atoms with van der Waals surface area (Å²) in [6.45, 7) is 8.24. The highest BCUT2D eigenvalue weighted by Gasteiger charge is 2.13. The maximum absolute atomic E-state index is 10.9. The van der Waals surface area contributed by atoms with Crippen LogP contribution in [0, 0.1) is 6.92 Å². The van der Waals surface area contributed by atoms with Gasteiger partial charge in [-0.05, 0) is 26.8 Å². The van der Waals surface area contributed by atoms with Gasteiger partial charge >= 0.3 is 5.97 Å². The van der Waals surface area contributed by atoms with Crippen LogP contribution in [-0.2, 0) is 4.74 Å². The molecule has 0 bridgehead atoms. The molecule has 0 amide bonds. The number of nitrogens with zero attached hydrogens (tertiary/aromatic N) is 3. The largest absolute Gasteiger partial charge is 0.477 e. The highest BCUT2D eigenvalue weighted by Crippen LogP contribution is 2.10. The van der Waals surface area contributed by atoms with Crippen LogP contribution < -0.4 is 4.90 Å². The molecular weight excluding hydrogens is 234 g/mol. The normalized spacial score (nSPS) is 10.4. The Morgan fingerprint density at radius 1 is 1.44 bits per heavy atom. The SMILES string of the molecule is CCOCCN(CC)c1nc(C)cc(C(=O)O)n1. The maximum atomic E-state index is 10.9. The van der Waals surface area contributed by atoms with E-state index < -0.39 is 5.97 Å². The van der Waals surface area contributed by atoms with Crippen molar-refractivity contribution in [3.05, 3.63) is 17.5 Å². The first-order chi connectivity index (χ1) is 8.58. The molecule has 0 aliphatic heterocycles. The average Bonchev–Trinajstić information content (AvgIpc) is 2.34. The molecule has 0 saturated heterocycles. The molecule has 0 unspecified atom stereocenters. The van der Waals surface area contributed by atoms with E-state index in [1.165, 1.54) is 6.07 Å². The van der Waals surface area contributed by atoms with Gasteiger partial charge in [-0.1, -0.05) is 0 Å². The Bertz CT molecular complexity index is 410. The number of hydrogen-bond acceptors (Lipinski definition) is 5. The van der Waals surface area contributed by atoms with E-state index in [1.807, 2.05) is 18.7 Å². The third-order valence-electron chi connectivity index (χ3n) is 2.44. The maximum Gasteiger partial charge on any atom is 0.354 e. The predicted octanol–water partition coefficient (Wildman–Crippen LogP) is 1.35. The monoisotopic (exact) mass is 253 g/mol. The molecule has 0 aliphatic carbocycles. The smallest absolute Gasteiger partial charge is 0.354 e. The number of aromatic carboxylic acids is 1. The van der Waals surface area contributed by atoms with Crippen LogP contribution in [0.2, 0.25) is 0 Å². The van der Waals surface area contributed by atoms with E-state index in [1.54, 1.807) is 6.92 Å². The molecular formula is C12H19N3O3. The van der Waals surface area contributed by atoms with Gasteiger partial charge in [-0.2, -0.15) is 0 Å². The summed E-state index contributed by atoms with van der Waals surface area (Å²) < 4.78 is 5.28. The first-order valence-electron chi connectivity index (χ1n) is 6.00. The highest BCUT2D eigenvalue weighted by atomic mass is 16.5. The summed E-state index contributed by atoms with van der Waals surface area (Å²) >= 11 is 0. The summed E-state index contributed by atoms with van der Waals surface area (Å²) in [5.41, 5.74) is 0.666. The van der Waals surface area contributed by atoms with Crippen LogP contribution in [0.25, 0.3) is 0 Å². The molecule has 0 aliphatic rings. The lowest BCUT2D eigenvalue weighted by Crippen LogP contribution is -2.29. The fourth-order valence-corrected chi connectivity index (χ4v) is 1.52. The van der Waals surface area contributed by atoms with Crippen molar-refractivity contribution in [3.8, 4) is 0 Å². The Balaban J connectivity index is 2.87. The minimum absolute atomic E-state index is 0.0207. The standard InChI is InChI=1S/C12H19N3O3/c1-4-15(6-7-18-5-2)12-13-9(3)8-10(14-12)11(16)17/h8H,4-7H2,1-3H3,(H,16,17). The summed E-state index contributed by atoms with van der Waals surface area (Å²) in [4.78, 5) is 21.1. The van der Waals surface area contributed by atoms with Crippen molar-refractivity contribution in [1.29, 1.82) is 0 Å². The van der Waals surface area contributed by atoms with Gasteiger partial charge in [-0.25, -0.2) is 14.8 Å². The number of aryl methyl sites for hydroxylation is 1. The van der Waals surface area contributed by atoms with E-state index in [0.29, 0.717) is 37.9 Å². The summed E-state index contributed by atoms with van der Waals surface area (Å²) in [5.74, 6) is -0.600. The molecule has 0 spiro atoms. The van der Waals surface area contributed by atoms with Gasteiger partial charge in [0.1, 0.15) is 0 Å². The topological polar surface area (TPSA) is 75.5 Å². The number of carboxylic acid groups (broad SMARTS) is 1. The molecule has 6 nitrogen and oxygen atoms in total. The van der Waals surface area contributed by atoms with Gasteiger partial charge in [0, 0.05) is 25.4 Å². The summed E-state index contributed by atoms with van der Waals surface area (Å²) in [6.07, 6.45) is 0. The zero-order chi connectivity index (χ0) is 13.5. The molecule has 6 heteroatoms. The Labute approximate surface area is 107 Å². The van der Waals surface area contributed by atoms with Crippen molar-refractivity contribution >= 4 is 11.9 Å². The molecule has 1 rings (SSSR count). The second-order valence-corrected chi connectivity index (χ2v) is 3.78. The number of carbonyl (C=O) groups is 1. The van der Waals surface area contributed by atoms with Gasteiger partial charge in [0.25, 0.3) is 0 Å². The molecule has 0 aromatic carbocycles. The van der Waals surface area contributed by atoms with Crippen LogP contribution >= 0.6 is 0 Å². The molecule has 0 radical (unpaired) electrons. The number of hydrogen-bond donors (Lipinski definition) is 1. The molecule has 18 heavy (non-hydrogen) atoms. The number of carboxylic acids is 1. The van der Waals surface area contributed by atoms with Gasteiger partial charge in [0.05, 0.1) is 6.61 Å². The molecule has 100 valence electrons. The van der Waals surface area contributed by atoms with E-state index >= 15 is 0 Å². The van der Waals surface area contributed by atoms with E-state index in [-0.39, 0.29) is 5.69 Å². The molecule has 1 aromatic rings. The minimum atomic E-state index is -1.04. The molecule has 1 heterocycles. The van der Waals surface area contributed by atoms with Crippen LogP contribution in [0.1, 0.15) is 30.0 Å². The second-order valence-electron chi connectivity index (χ2n) is 3.78. The number of aromatic nitrogens is 2. The lowest BCUT2D eigenvalue weighted by Gasteiger charge is -2.21. The van der Waals surface area contributed by atoms with Crippen LogP contribution in [0.5, 0.6) is 0 Å². The van der Waals surface area contributed by atoms with E-state index in [9.17, 15) is 4.79 Å². The second kappa shape index (κ2) is 6.90. The third-order valence-corrected chi connectivity index (χ3v) is 2.44. The minimum Gasteiger partial charge on any atom is -0.477 e. The number of anilines is 1. The first kappa shape index (κ1) is 14.4. The Morgan fingerprint density at radius 2 is 2.17 bits per heavy atom. The molecule has 0 saturated carbocycles. The lowest BCUT2D eigenvalue weighted by molar-refractivity contribution is 0.0690. The van der Waals surface area contributed by atoms with Crippen molar-refractivity contribution in [3.63, 3.8) is 0 Å². The quantitative estimate of drug-likeness (QED) is 0.739. The Kier molecular flexibility index (Phi) is 5.51. The summed E-state index contributed by atoms with van der Waals surface area (Å²) in [5, 5.41) is 8.97. The number of likely N-dealkylation sites (N-methyl/N-ethyl adjacent to an activating group) is 1. The van der Waals surface area contributed by atoms with Crippen LogP contribution in [0.4, 0.5) is 5.95 Å². The van der Waals surface area contributed by atoms with Crippen LogP contribution in [0.3, 0.4) is 0 Å². The molecule has 0 fully saturated rings. The zero-order valence-corrected chi connectivity index (χ0v) is 11.0. The summed E-state index contributed by atoms with van der Waals surface area (Å²) in [6, 6.07) is 1.46. The van der Waals surface area contributed by atoms with Crippen LogP contribution in [-0.4, -0.2) is 47.3 Å². The van der Waals surface area contributed by atoms with Crippen molar-refractivity contribution in [2.75, 3.05) is 31.2 Å². The predicted molar refractivity (Wildman–Crippen MR) is 68.1 cm³/mol. The van der Waals surface area contributed by atoms with Gasteiger partial charge in [0.15, 0.2) is 5.69 Å². The Hall–Kier alpha value is -1.69. The van der Waals surface area contributed by atoms with Gasteiger partial charge < -0.3 is 14.7 Å². The van der Waals surface area contributed by atoms with Crippen molar-refractivity contribution in [1.82, 2.24) is 9.97 Å². The summed E-state index contributed by atoms with van der Waals surface area (Å²) in [7, 11) is 0. The molecule has 0 atom stereocenters. The van der Waals surface area contributed by atoms with Crippen molar-refractivity contribution in [2.24, 2.45) is 0 Å². The number of ether oxygens (including phenoxy) is 1. The third kappa shape index (κ3) is 3.96. The fraction of sp³-hybridized carbons (Fsp3) is 0.583. The van der Waals surface area contributed by atoms with E-state index in [0.717, 1.165) is 0 Å². The van der Waals surface area contributed by atoms with Gasteiger partial charge in [-0.3, -0.25) is 0 Å². The molecule has 1 aromatic heterocycles. The van der Waals surface area contributed by atoms with Gasteiger partial charge in [-0.15, -0.1) is 0 Å². The van der Waals surface area contributed by atoms with Gasteiger partial charge in [0.2, 0.25) is 5.95 Å². The Morgan fingerprint density at radius 3 is 2.72 bits per heavy atom. The van der Waals surface area contributed by atoms with Crippen LogP contribution in [0.15, 0.2) is 6.07 Å². The zero-order valence-electron chi connectivity index (χ0n) is 11.0. The average molecular weight is 253 g/mol. The van der Waals surface area contributed by atoms with Crippen molar-refractivity contribution in [2.45, 2.75) is 20.8 Å². The fourth-order valence-electron chi connectivity index (χ4n) is 1.52. The molecule has 1 N–H and O–H groups in total. The van der Waals surface area contributed by atoms with E-state index in [2.05, 4.69) is 9.97 Å². The highest BCUT2D eigenvalue weighted by molar-refractivity contribution is 5.85.